The number of hydrogen-bond donors (Lipinski definition) is 3. The number of fused-ring (bicyclic) bond motifs is 1. The number of aromatic nitrogens is 2. The average Bonchev–Trinajstić information content (AvgIpc) is 2.88. The van der Waals surface area contributed by atoms with Crippen molar-refractivity contribution in [3.05, 3.63) is 40.9 Å². The molecule has 0 bridgehead atoms. The van der Waals surface area contributed by atoms with Gasteiger partial charge in [0, 0.05) is 18.2 Å². The first-order valence-corrected chi connectivity index (χ1v) is 6.91. The van der Waals surface area contributed by atoms with Gasteiger partial charge in [-0.05, 0) is 24.3 Å². The lowest BCUT2D eigenvalue weighted by Crippen LogP contribution is -2.01. The summed E-state index contributed by atoms with van der Waals surface area (Å²) in [4.78, 5) is 0. The molecule has 3 rings (SSSR count). The van der Waals surface area contributed by atoms with Crippen molar-refractivity contribution in [2.75, 3.05) is 5.32 Å². The van der Waals surface area contributed by atoms with Gasteiger partial charge in [-0.2, -0.15) is 8.75 Å². The van der Waals surface area contributed by atoms with Gasteiger partial charge >= 0.3 is 0 Å². The van der Waals surface area contributed by atoms with Crippen LogP contribution in [-0.2, 0) is 6.54 Å². The van der Waals surface area contributed by atoms with Gasteiger partial charge in [-0.3, -0.25) is 0 Å². The van der Waals surface area contributed by atoms with Crippen LogP contribution < -0.4 is 5.32 Å². The zero-order chi connectivity index (χ0) is 14.1. The number of halogens is 1. The first-order valence-electron chi connectivity index (χ1n) is 5.80. The maximum atomic E-state index is 9.75. The molecular formula is C13H10ClN3O2S. The lowest BCUT2D eigenvalue weighted by Gasteiger charge is -2.10. The second kappa shape index (κ2) is 5.15. The molecule has 5 nitrogen and oxygen atoms in total. The van der Waals surface area contributed by atoms with Crippen LogP contribution >= 0.6 is 23.3 Å². The number of anilines is 1. The Morgan fingerprint density at radius 2 is 2.00 bits per heavy atom. The molecule has 20 heavy (non-hydrogen) atoms. The minimum Gasteiger partial charge on any atom is -0.508 e. The molecule has 7 heteroatoms. The van der Waals surface area contributed by atoms with E-state index in [0.717, 1.165) is 17.2 Å². The Balaban J connectivity index is 1.90. The van der Waals surface area contributed by atoms with E-state index in [9.17, 15) is 10.2 Å². The highest BCUT2D eigenvalue weighted by Gasteiger charge is 2.10. The van der Waals surface area contributed by atoms with E-state index in [2.05, 4.69) is 14.1 Å². The third-order valence-corrected chi connectivity index (χ3v) is 3.76. The zero-order valence-corrected chi connectivity index (χ0v) is 11.7. The van der Waals surface area contributed by atoms with Gasteiger partial charge in [0.25, 0.3) is 0 Å². The van der Waals surface area contributed by atoms with E-state index >= 15 is 0 Å². The average molecular weight is 308 g/mol. The third kappa shape index (κ3) is 2.35. The van der Waals surface area contributed by atoms with E-state index in [4.69, 9.17) is 11.6 Å². The highest BCUT2D eigenvalue weighted by Crippen LogP contribution is 2.31. The lowest BCUT2D eigenvalue weighted by molar-refractivity contribution is 0.446. The number of nitrogens with one attached hydrogen (secondary N) is 1. The van der Waals surface area contributed by atoms with Crippen LogP contribution in [-0.4, -0.2) is 19.0 Å². The maximum absolute atomic E-state index is 9.75. The monoisotopic (exact) mass is 307 g/mol. The van der Waals surface area contributed by atoms with Crippen LogP contribution in [0.4, 0.5) is 5.69 Å². The third-order valence-electron chi connectivity index (χ3n) is 2.90. The molecule has 0 unspecified atom stereocenters. The largest absolute Gasteiger partial charge is 0.508 e. The molecule has 102 valence electrons. The number of rotatable bonds is 3. The molecule has 0 amide bonds. The van der Waals surface area contributed by atoms with E-state index in [1.54, 1.807) is 12.1 Å². The predicted octanol–water partition coefficient (Wildman–Crippen LogP) is 3.37. The molecular weight excluding hydrogens is 298 g/mol. The van der Waals surface area contributed by atoms with Gasteiger partial charge < -0.3 is 15.5 Å². The number of hydrogen-bond acceptors (Lipinski definition) is 6. The Morgan fingerprint density at radius 3 is 2.80 bits per heavy atom. The van der Waals surface area contributed by atoms with Crippen molar-refractivity contribution in [1.82, 2.24) is 8.75 Å². The van der Waals surface area contributed by atoms with Crippen LogP contribution in [0, 0.1) is 0 Å². The summed E-state index contributed by atoms with van der Waals surface area (Å²) in [5.74, 6) is 0.0484. The van der Waals surface area contributed by atoms with Gasteiger partial charge in [-0.25, -0.2) is 0 Å². The minimum atomic E-state index is 0.0232. The summed E-state index contributed by atoms with van der Waals surface area (Å²) in [7, 11) is 0. The maximum Gasteiger partial charge on any atom is 0.129 e. The van der Waals surface area contributed by atoms with Crippen LogP contribution in [0.15, 0.2) is 30.3 Å². The van der Waals surface area contributed by atoms with Gasteiger partial charge in [-0.1, -0.05) is 11.6 Å². The van der Waals surface area contributed by atoms with Crippen molar-refractivity contribution >= 4 is 40.0 Å². The number of aromatic hydroxyl groups is 2. The van der Waals surface area contributed by atoms with Gasteiger partial charge in [0.2, 0.25) is 0 Å². The van der Waals surface area contributed by atoms with Crippen LogP contribution in [0.25, 0.3) is 11.0 Å². The zero-order valence-electron chi connectivity index (χ0n) is 10.2. The fourth-order valence-electron chi connectivity index (χ4n) is 1.88. The Morgan fingerprint density at radius 1 is 1.15 bits per heavy atom. The Bertz CT molecular complexity index is 775. The first kappa shape index (κ1) is 13.0. The fraction of sp³-hybridized carbons (Fsp3) is 0.0769. The number of nitrogens with zero attached hydrogens (tertiary/aromatic N) is 2. The van der Waals surface area contributed by atoms with Crippen molar-refractivity contribution < 1.29 is 10.2 Å². The van der Waals surface area contributed by atoms with E-state index < -0.39 is 0 Å². The smallest absolute Gasteiger partial charge is 0.129 e. The molecule has 0 radical (unpaired) electrons. The molecule has 0 spiro atoms. The minimum absolute atomic E-state index is 0.0232. The molecule has 0 aliphatic rings. The van der Waals surface area contributed by atoms with E-state index in [-0.39, 0.29) is 11.5 Å². The summed E-state index contributed by atoms with van der Waals surface area (Å²) < 4.78 is 8.36. The van der Waals surface area contributed by atoms with Crippen molar-refractivity contribution in [2.24, 2.45) is 0 Å². The summed E-state index contributed by atoms with van der Waals surface area (Å²) in [6.07, 6.45) is 0. The normalized spacial score (nSPS) is 10.8. The van der Waals surface area contributed by atoms with Gasteiger partial charge in [0.15, 0.2) is 0 Å². The molecule has 2 aromatic carbocycles. The molecule has 3 aromatic rings. The van der Waals surface area contributed by atoms with E-state index in [1.807, 2.05) is 6.07 Å². The van der Waals surface area contributed by atoms with Gasteiger partial charge in [-0.15, -0.1) is 0 Å². The highest BCUT2D eigenvalue weighted by atomic mass is 35.5. The Labute approximate surface area is 123 Å². The second-order valence-corrected chi connectivity index (χ2v) is 5.16. The quantitative estimate of drug-likeness (QED) is 0.691. The molecule has 0 fully saturated rings. The van der Waals surface area contributed by atoms with Crippen molar-refractivity contribution in [1.29, 1.82) is 0 Å². The fourth-order valence-corrected chi connectivity index (χ4v) is 2.64. The molecule has 1 heterocycles. The number of benzene rings is 2. The molecule has 0 aliphatic carbocycles. The van der Waals surface area contributed by atoms with Crippen LogP contribution in [0.1, 0.15) is 5.56 Å². The van der Waals surface area contributed by atoms with Crippen LogP contribution in [0.2, 0.25) is 5.02 Å². The summed E-state index contributed by atoms with van der Waals surface area (Å²) >= 11 is 7.28. The number of phenols is 2. The van der Waals surface area contributed by atoms with Gasteiger partial charge in [0.1, 0.15) is 22.5 Å². The molecule has 0 saturated heterocycles. The summed E-state index contributed by atoms with van der Waals surface area (Å²) in [5.41, 5.74) is 2.82. The first-order chi connectivity index (χ1) is 9.65. The summed E-state index contributed by atoms with van der Waals surface area (Å²) in [5, 5.41) is 22.7. The van der Waals surface area contributed by atoms with Crippen LogP contribution in [0.5, 0.6) is 11.5 Å². The van der Waals surface area contributed by atoms with E-state index in [1.165, 1.54) is 12.1 Å². The Kier molecular flexibility index (Phi) is 3.33. The van der Waals surface area contributed by atoms with Crippen molar-refractivity contribution in [3.63, 3.8) is 0 Å². The topological polar surface area (TPSA) is 78.3 Å². The summed E-state index contributed by atoms with van der Waals surface area (Å²) in [6.45, 7) is 0.364. The molecule has 0 atom stereocenters. The number of phenolic OH excluding ortho intramolecular Hbond substituents is 2. The second-order valence-electron chi connectivity index (χ2n) is 4.22. The lowest BCUT2D eigenvalue weighted by atomic mass is 10.2. The summed E-state index contributed by atoms with van der Waals surface area (Å²) in [6, 6.07) is 8.02. The molecule has 0 aliphatic heterocycles. The SMILES string of the molecule is Oc1ccc(CNc2c(Cl)ccc3nsnc23)c(O)c1. The molecule has 1 aromatic heterocycles. The van der Waals surface area contributed by atoms with E-state index in [0.29, 0.717) is 28.3 Å². The Hall–Kier alpha value is -2.05. The van der Waals surface area contributed by atoms with Gasteiger partial charge in [0.05, 0.1) is 22.4 Å². The molecule has 0 saturated carbocycles. The van der Waals surface area contributed by atoms with Crippen molar-refractivity contribution in [2.45, 2.75) is 6.54 Å². The molecule has 3 N–H and O–H groups in total. The predicted molar refractivity (Wildman–Crippen MR) is 79.5 cm³/mol. The highest BCUT2D eigenvalue weighted by molar-refractivity contribution is 7.00. The van der Waals surface area contributed by atoms with Crippen LogP contribution in [0.3, 0.4) is 0 Å². The van der Waals surface area contributed by atoms with Crippen molar-refractivity contribution in [3.8, 4) is 11.5 Å². The standard InChI is InChI=1S/C13H10ClN3O2S/c14-9-3-4-10-13(17-20-16-10)12(9)15-6-7-1-2-8(18)5-11(7)19/h1-5,15,18-19H,6H2.